The van der Waals surface area contributed by atoms with Crippen LogP contribution in [0.15, 0.2) is 67.3 Å². The van der Waals surface area contributed by atoms with Crippen LogP contribution in [0, 0.1) is 0 Å². The van der Waals surface area contributed by atoms with Crippen molar-refractivity contribution in [2.45, 2.75) is 13.0 Å². The predicted octanol–water partition coefficient (Wildman–Crippen LogP) is 2.37. The minimum Gasteiger partial charge on any atom is -0.319 e. The molecule has 1 aliphatic rings. The number of imidazole rings is 1. The van der Waals surface area contributed by atoms with E-state index >= 15 is 0 Å². The Kier molecular flexibility index (Phi) is 4.70. The molecule has 1 fully saturated rings. The van der Waals surface area contributed by atoms with Gasteiger partial charge in [0.2, 0.25) is 10.0 Å². The number of hydrogen-bond donors (Lipinski definition) is 1. The van der Waals surface area contributed by atoms with Crippen LogP contribution < -0.4 is 9.62 Å². The molecule has 3 aromatic heterocycles. The van der Waals surface area contributed by atoms with Crippen LogP contribution in [0.3, 0.4) is 0 Å². The van der Waals surface area contributed by atoms with Gasteiger partial charge in [0.1, 0.15) is 5.65 Å². The van der Waals surface area contributed by atoms with Gasteiger partial charge >= 0.3 is 0 Å². The van der Waals surface area contributed by atoms with Gasteiger partial charge in [-0.3, -0.25) is 13.8 Å². The number of carbonyl (C=O) groups is 1. The number of rotatable bonds is 5. The SMILES string of the molecule is O=C(Nc1cnn(Cc2cn3ccccc3n2)c1)c1cccc(N2CCCS2(=O)=O)c1. The molecule has 0 spiro atoms. The van der Waals surface area contributed by atoms with Crippen molar-refractivity contribution >= 4 is 33.0 Å². The first-order chi connectivity index (χ1) is 15.0. The largest absolute Gasteiger partial charge is 0.319 e. The van der Waals surface area contributed by atoms with Gasteiger partial charge in [0, 0.05) is 30.7 Å². The number of benzene rings is 1. The lowest BCUT2D eigenvalue weighted by atomic mass is 10.2. The first-order valence-electron chi connectivity index (χ1n) is 9.85. The molecule has 10 heteroatoms. The summed E-state index contributed by atoms with van der Waals surface area (Å²) in [6, 6.07) is 12.4. The lowest BCUT2D eigenvalue weighted by Crippen LogP contribution is -2.25. The fraction of sp³-hybridized carbons (Fsp3) is 0.190. The molecule has 1 aromatic carbocycles. The van der Waals surface area contributed by atoms with Gasteiger partial charge in [0.25, 0.3) is 5.91 Å². The van der Waals surface area contributed by atoms with E-state index in [0.717, 1.165) is 11.3 Å². The lowest BCUT2D eigenvalue weighted by molar-refractivity contribution is 0.102. The van der Waals surface area contributed by atoms with Crippen LogP contribution in [0.5, 0.6) is 0 Å². The first-order valence-corrected chi connectivity index (χ1v) is 11.5. The molecule has 0 bridgehead atoms. The summed E-state index contributed by atoms with van der Waals surface area (Å²) in [6.45, 7) is 0.906. The Balaban J connectivity index is 1.29. The maximum atomic E-state index is 12.7. The molecule has 1 saturated heterocycles. The summed E-state index contributed by atoms with van der Waals surface area (Å²) in [6.07, 6.45) is 7.76. The standard InChI is InChI=1S/C21H20N6O3S/c28-21(16-5-3-6-19(11-16)27-9-4-10-31(27,29)30)24-17-12-22-26(14-17)15-18-13-25-8-2-1-7-20(25)23-18/h1-3,5-8,11-14H,4,9-10,15H2,(H,24,28). The first kappa shape index (κ1) is 19.3. The minimum absolute atomic E-state index is 0.134. The third kappa shape index (κ3) is 3.89. The normalized spacial score (nSPS) is 15.4. The zero-order valence-electron chi connectivity index (χ0n) is 16.5. The number of aromatic nitrogens is 4. The third-order valence-corrected chi connectivity index (χ3v) is 6.99. The van der Waals surface area contributed by atoms with Crippen molar-refractivity contribution in [2.24, 2.45) is 0 Å². The number of amides is 1. The summed E-state index contributed by atoms with van der Waals surface area (Å²) in [5.74, 6) is -0.194. The van der Waals surface area contributed by atoms with Crippen molar-refractivity contribution < 1.29 is 13.2 Å². The van der Waals surface area contributed by atoms with E-state index in [-0.39, 0.29) is 11.7 Å². The summed E-state index contributed by atoms with van der Waals surface area (Å²) >= 11 is 0. The van der Waals surface area contributed by atoms with Crippen LogP contribution in [-0.4, -0.2) is 45.8 Å². The van der Waals surface area contributed by atoms with E-state index in [0.29, 0.717) is 36.4 Å². The number of anilines is 2. The zero-order valence-corrected chi connectivity index (χ0v) is 17.4. The molecule has 1 amide bonds. The molecule has 0 atom stereocenters. The van der Waals surface area contributed by atoms with Gasteiger partial charge in [-0.15, -0.1) is 0 Å². The van der Waals surface area contributed by atoms with Crippen molar-refractivity contribution in [1.82, 2.24) is 19.2 Å². The number of fused-ring (bicyclic) bond motifs is 1. The van der Waals surface area contributed by atoms with Crippen LogP contribution in [-0.2, 0) is 16.6 Å². The van der Waals surface area contributed by atoms with Gasteiger partial charge in [0.15, 0.2) is 0 Å². The maximum absolute atomic E-state index is 12.7. The van der Waals surface area contributed by atoms with E-state index in [1.54, 1.807) is 41.3 Å². The van der Waals surface area contributed by atoms with E-state index in [1.165, 1.54) is 4.31 Å². The summed E-state index contributed by atoms with van der Waals surface area (Å²) in [5, 5.41) is 7.11. The molecular weight excluding hydrogens is 416 g/mol. The van der Waals surface area contributed by atoms with E-state index in [9.17, 15) is 13.2 Å². The Morgan fingerprint density at radius 1 is 1.13 bits per heavy atom. The van der Waals surface area contributed by atoms with Crippen molar-refractivity contribution in [1.29, 1.82) is 0 Å². The molecule has 4 aromatic rings. The number of carbonyl (C=O) groups excluding carboxylic acids is 1. The highest BCUT2D eigenvalue weighted by Gasteiger charge is 2.28. The molecular formula is C21H20N6O3S. The van der Waals surface area contributed by atoms with Crippen molar-refractivity contribution in [3.05, 3.63) is 78.5 Å². The molecule has 9 nitrogen and oxygen atoms in total. The van der Waals surface area contributed by atoms with Crippen molar-refractivity contribution in [3.8, 4) is 0 Å². The second kappa shape index (κ2) is 7.55. The highest BCUT2D eigenvalue weighted by Crippen LogP contribution is 2.25. The molecule has 4 heterocycles. The van der Waals surface area contributed by atoms with Crippen LogP contribution in [0.4, 0.5) is 11.4 Å². The number of pyridine rings is 1. The molecule has 5 rings (SSSR count). The number of nitrogens with zero attached hydrogens (tertiary/aromatic N) is 5. The third-order valence-electron chi connectivity index (χ3n) is 5.12. The Labute approximate surface area is 179 Å². The van der Waals surface area contributed by atoms with Gasteiger partial charge in [0.05, 0.1) is 35.6 Å². The Morgan fingerprint density at radius 2 is 2.03 bits per heavy atom. The smallest absolute Gasteiger partial charge is 0.255 e. The summed E-state index contributed by atoms with van der Waals surface area (Å²) in [5.41, 5.74) is 3.15. The highest BCUT2D eigenvalue weighted by atomic mass is 32.2. The fourth-order valence-electron chi connectivity index (χ4n) is 3.68. The molecule has 0 radical (unpaired) electrons. The summed E-state index contributed by atoms with van der Waals surface area (Å²) in [4.78, 5) is 17.2. The lowest BCUT2D eigenvalue weighted by Gasteiger charge is -2.17. The Morgan fingerprint density at radius 3 is 2.84 bits per heavy atom. The quantitative estimate of drug-likeness (QED) is 0.518. The number of sulfonamides is 1. The van der Waals surface area contributed by atoms with Gasteiger partial charge in [-0.05, 0) is 36.8 Å². The number of hydrogen-bond acceptors (Lipinski definition) is 5. The summed E-state index contributed by atoms with van der Waals surface area (Å²) < 4.78 is 29.3. The Bertz CT molecular complexity index is 1340. The molecule has 0 saturated carbocycles. The van der Waals surface area contributed by atoms with Crippen LogP contribution in [0.2, 0.25) is 0 Å². The van der Waals surface area contributed by atoms with E-state index in [1.807, 2.05) is 35.0 Å². The average Bonchev–Trinajstić information content (AvgIpc) is 3.46. The van der Waals surface area contributed by atoms with Gasteiger partial charge < -0.3 is 9.72 Å². The van der Waals surface area contributed by atoms with Crippen molar-refractivity contribution in [2.75, 3.05) is 21.9 Å². The molecule has 1 aliphatic heterocycles. The maximum Gasteiger partial charge on any atom is 0.255 e. The Hall–Kier alpha value is -3.66. The van der Waals surface area contributed by atoms with E-state index in [4.69, 9.17) is 0 Å². The second-order valence-corrected chi connectivity index (χ2v) is 9.38. The molecule has 1 N–H and O–H groups in total. The van der Waals surface area contributed by atoms with E-state index in [2.05, 4.69) is 15.4 Å². The van der Waals surface area contributed by atoms with Crippen LogP contribution >= 0.6 is 0 Å². The minimum atomic E-state index is -3.30. The predicted molar refractivity (Wildman–Crippen MR) is 117 cm³/mol. The van der Waals surface area contributed by atoms with Gasteiger partial charge in [-0.1, -0.05) is 12.1 Å². The summed E-state index contributed by atoms with van der Waals surface area (Å²) in [7, 11) is -3.30. The fourth-order valence-corrected chi connectivity index (χ4v) is 5.24. The average molecular weight is 436 g/mol. The van der Waals surface area contributed by atoms with Gasteiger partial charge in [-0.2, -0.15) is 5.10 Å². The van der Waals surface area contributed by atoms with Crippen LogP contribution in [0.25, 0.3) is 5.65 Å². The number of nitrogens with one attached hydrogen (secondary N) is 1. The second-order valence-electron chi connectivity index (χ2n) is 7.37. The van der Waals surface area contributed by atoms with Gasteiger partial charge in [-0.25, -0.2) is 13.4 Å². The molecule has 31 heavy (non-hydrogen) atoms. The zero-order chi connectivity index (χ0) is 21.4. The topological polar surface area (TPSA) is 102 Å². The van der Waals surface area contributed by atoms with Crippen molar-refractivity contribution in [3.63, 3.8) is 0 Å². The molecule has 0 unspecified atom stereocenters. The molecule has 0 aliphatic carbocycles. The van der Waals surface area contributed by atoms with Crippen LogP contribution in [0.1, 0.15) is 22.5 Å². The monoisotopic (exact) mass is 436 g/mol. The highest BCUT2D eigenvalue weighted by molar-refractivity contribution is 7.93. The van der Waals surface area contributed by atoms with E-state index < -0.39 is 10.0 Å². The molecule has 158 valence electrons.